The average molecular weight is 1150 g/mol. The number of ketones is 2. The lowest BCUT2D eigenvalue weighted by Gasteiger charge is -2.31. The van der Waals surface area contributed by atoms with Gasteiger partial charge in [-0.05, 0) is 111 Å². The number of H-pyrrole nitrogens is 1. The summed E-state index contributed by atoms with van der Waals surface area (Å²) in [5.74, 6) is -8.59. The van der Waals surface area contributed by atoms with Crippen molar-refractivity contribution in [3.8, 4) is 0 Å². The third-order valence-corrected chi connectivity index (χ3v) is 15.0. The molecule has 8 atom stereocenters. The number of nitrogens with two attached hydrogens (primary N) is 5. The van der Waals surface area contributed by atoms with Gasteiger partial charge in [-0.25, -0.2) is 0 Å². The molecule has 2 saturated heterocycles. The molecule has 2 aliphatic rings. The van der Waals surface area contributed by atoms with Crippen molar-refractivity contribution in [2.45, 2.75) is 127 Å². The molecule has 82 heavy (non-hydrogen) atoms. The summed E-state index contributed by atoms with van der Waals surface area (Å²) in [6.45, 7) is 1.50. The molecule has 0 radical (unpaired) electrons. The number of aromatic nitrogens is 1. The van der Waals surface area contributed by atoms with Crippen molar-refractivity contribution < 1.29 is 43.2 Å². The van der Waals surface area contributed by atoms with Crippen LogP contribution in [0.2, 0.25) is 5.02 Å². The number of benzene rings is 3. The number of primary amides is 1. The fraction of sp³-hybridized carbons (Fsp3) is 0.466. The third-order valence-electron chi connectivity index (χ3n) is 14.8. The Morgan fingerprint density at radius 2 is 1.45 bits per heavy atom. The molecular formula is C58H77ClN14O9. The molecule has 440 valence electrons. The maximum atomic E-state index is 15.3. The number of carbonyl (C=O) groups excluding carboxylic acids is 9. The third kappa shape index (κ3) is 19.4. The van der Waals surface area contributed by atoms with Crippen molar-refractivity contribution in [3.05, 3.63) is 107 Å². The molecule has 3 heterocycles. The SMILES string of the molecule is CC(=O)N[C@@H](CCCN=C(N)N)C(=O)N[C@H]1CC(=O)NCCCC[C@@H](C(N)=O)NC(=O)[C@H](Cc2c[nH]c3ccccc23)CC(=O)[C@H](CCCN=C(N)N)CC(=O)[C@@H](Cc2ccccc2)NC(=O)[C@@H]2C[C@@H](Cc3cccc(Cl)c3)CN2C1=O. The molecule has 1 aromatic heterocycles. The second-order valence-electron chi connectivity index (χ2n) is 21.2. The first-order valence-electron chi connectivity index (χ1n) is 27.8. The normalized spacial score (nSPS) is 22.2. The van der Waals surface area contributed by atoms with Crippen LogP contribution in [0.3, 0.4) is 0 Å². The van der Waals surface area contributed by atoms with Crippen molar-refractivity contribution in [2.75, 3.05) is 26.2 Å². The Morgan fingerprint density at radius 1 is 0.756 bits per heavy atom. The number of nitrogens with zero attached hydrogens (tertiary/aromatic N) is 3. The quantitative estimate of drug-likeness (QED) is 0.0382. The van der Waals surface area contributed by atoms with Gasteiger partial charge in [0.1, 0.15) is 30.0 Å². The van der Waals surface area contributed by atoms with Gasteiger partial charge in [-0.2, -0.15) is 0 Å². The minimum atomic E-state index is -1.58. The Hall–Kier alpha value is -8.34. The van der Waals surface area contributed by atoms with Gasteiger partial charge in [0.2, 0.25) is 41.4 Å². The number of amides is 7. The molecule has 3 aromatic carbocycles. The standard InChI is InChI=1S/C58H77ClN14O9/c1-34(74)69-45(20-11-23-67-58(63)64)54(80)72-47-31-51(77)65-21-8-7-19-44(52(60)78)70-53(79)39(28-40-32-68-43-18-6-5-17-42(40)43)30-49(75)38(15-10-22-66-57(61)62)29-50(76)46(26-35-12-3-2-4-13-35)71-55(81)48-27-37(33-73(48)56(47)82)24-36-14-9-16-41(59)25-36/h2-6,9,12-14,16-18,25,32,37-39,44-48,68H,7-8,10-11,15,19-24,26-31,33H2,1H3,(H2,60,78)(H,65,77)(H,69,74)(H,70,79)(H,71,81)(H,72,80)(H4,61,62,66)(H4,63,64,67)/t37-,38-,39-,44+,45+,46-,47+,48+/m1/s1. The van der Waals surface area contributed by atoms with Gasteiger partial charge < -0.3 is 65.1 Å². The fourth-order valence-electron chi connectivity index (χ4n) is 10.7. The lowest BCUT2D eigenvalue weighted by Crippen LogP contribution is -2.58. The molecule has 0 unspecified atom stereocenters. The molecule has 24 heteroatoms. The fourth-order valence-corrected chi connectivity index (χ4v) is 10.9. The maximum Gasteiger partial charge on any atom is 0.246 e. The topological polar surface area (TPSA) is 388 Å². The molecule has 6 rings (SSSR count). The smallest absolute Gasteiger partial charge is 0.246 e. The Balaban J connectivity index is 1.40. The van der Waals surface area contributed by atoms with E-state index in [0.717, 1.165) is 22.0 Å². The Morgan fingerprint density at radius 3 is 2.16 bits per heavy atom. The second-order valence-corrected chi connectivity index (χ2v) is 21.7. The highest BCUT2D eigenvalue weighted by atomic mass is 35.5. The molecule has 7 amide bonds. The minimum absolute atomic E-state index is 0.0117. The molecule has 2 fully saturated rings. The zero-order valence-electron chi connectivity index (χ0n) is 46.2. The van der Waals surface area contributed by atoms with Gasteiger partial charge >= 0.3 is 0 Å². The molecule has 4 aromatic rings. The zero-order chi connectivity index (χ0) is 59.3. The van der Waals surface area contributed by atoms with Crippen molar-refractivity contribution in [2.24, 2.45) is 56.4 Å². The van der Waals surface area contributed by atoms with E-state index in [9.17, 15) is 28.8 Å². The van der Waals surface area contributed by atoms with Crippen LogP contribution in [-0.4, -0.2) is 131 Å². The molecule has 2 aliphatic heterocycles. The van der Waals surface area contributed by atoms with Gasteiger partial charge in [0.05, 0.1) is 12.5 Å². The van der Waals surface area contributed by atoms with E-state index in [4.69, 9.17) is 40.3 Å². The monoisotopic (exact) mass is 1150 g/mol. The summed E-state index contributed by atoms with van der Waals surface area (Å²) < 4.78 is 0. The lowest BCUT2D eigenvalue weighted by atomic mass is 9.83. The van der Waals surface area contributed by atoms with E-state index in [1.54, 1.807) is 54.7 Å². The number of rotatable bonds is 18. The molecule has 0 saturated carbocycles. The number of fused-ring (bicyclic) bond motifs is 2. The van der Waals surface area contributed by atoms with Crippen LogP contribution in [0.25, 0.3) is 10.9 Å². The van der Waals surface area contributed by atoms with E-state index >= 15 is 14.4 Å². The summed E-state index contributed by atoms with van der Waals surface area (Å²) in [6.07, 6.45) is 2.28. The number of para-hydroxylation sites is 1. The number of nitrogens with one attached hydrogen (secondary N) is 6. The van der Waals surface area contributed by atoms with Crippen LogP contribution in [0.4, 0.5) is 0 Å². The van der Waals surface area contributed by atoms with Crippen LogP contribution in [-0.2, 0) is 62.4 Å². The van der Waals surface area contributed by atoms with Crippen molar-refractivity contribution >= 4 is 87.3 Å². The highest BCUT2D eigenvalue weighted by molar-refractivity contribution is 6.30. The summed E-state index contributed by atoms with van der Waals surface area (Å²) in [5, 5.41) is 15.1. The maximum absolute atomic E-state index is 15.3. The molecule has 0 spiro atoms. The van der Waals surface area contributed by atoms with E-state index in [2.05, 4.69) is 41.6 Å². The van der Waals surface area contributed by atoms with Gasteiger partial charge in [0.15, 0.2) is 17.7 Å². The summed E-state index contributed by atoms with van der Waals surface area (Å²) in [5.41, 5.74) is 31.2. The summed E-state index contributed by atoms with van der Waals surface area (Å²) in [6, 6.07) is 17.1. The predicted octanol–water partition coefficient (Wildman–Crippen LogP) is 1.46. The first kappa shape index (κ1) is 62.9. The Kier molecular flexibility index (Phi) is 23.8. The summed E-state index contributed by atoms with van der Waals surface area (Å²) >= 11 is 6.40. The highest BCUT2D eigenvalue weighted by Gasteiger charge is 2.44. The number of guanidine groups is 2. The first-order valence-corrected chi connectivity index (χ1v) is 28.2. The largest absolute Gasteiger partial charge is 0.370 e. The van der Waals surface area contributed by atoms with E-state index in [-0.39, 0.29) is 121 Å². The van der Waals surface area contributed by atoms with Crippen LogP contribution in [0.15, 0.2) is 95.0 Å². The van der Waals surface area contributed by atoms with Gasteiger partial charge in [0.25, 0.3) is 0 Å². The number of carbonyl (C=O) groups is 9. The van der Waals surface area contributed by atoms with Crippen molar-refractivity contribution in [1.29, 1.82) is 0 Å². The van der Waals surface area contributed by atoms with Gasteiger partial charge in [-0.3, -0.25) is 53.1 Å². The van der Waals surface area contributed by atoms with E-state index in [0.29, 0.717) is 17.0 Å². The van der Waals surface area contributed by atoms with E-state index in [1.807, 2.05) is 30.3 Å². The van der Waals surface area contributed by atoms with Crippen LogP contribution < -0.4 is 55.3 Å². The number of Topliss-reactive ketones (excluding diaryl/α,β-unsaturated/α-hetero) is 2. The average Bonchev–Trinajstić information content (AvgIpc) is 4.12. The van der Waals surface area contributed by atoms with Crippen molar-refractivity contribution in [3.63, 3.8) is 0 Å². The molecule has 0 aliphatic carbocycles. The van der Waals surface area contributed by atoms with Gasteiger partial charge in [-0.15, -0.1) is 0 Å². The molecule has 0 bridgehead atoms. The number of halogens is 1. The molecule has 16 N–H and O–H groups in total. The predicted molar refractivity (Wildman–Crippen MR) is 311 cm³/mol. The number of aromatic amines is 1. The highest BCUT2D eigenvalue weighted by Crippen LogP contribution is 2.30. The summed E-state index contributed by atoms with van der Waals surface area (Å²) in [7, 11) is 0. The number of hydrogen-bond donors (Lipinski definition) is 11. The molecular weight excluding hydrogens is 1070 g/mol. The first-order chi connectivity index (χ1) is 39.2. The van der Waals surface area contributed by atoms with Gasteiger partial charge in [-0.1, -0.05) is 72.3 Å². The summed E-state index contributed by atoms with van der Waals surface area (Å²) in [4.78, 5) is 141. The Bertz CT molecular complexity index is 2960. The van der Waals surface area contributed by atoms with E-state index in [1.165, 1.54) is 11.8 Å². The lowest BCUT2D eigenvalue weighted by molar-refractivity contribution is -0.143. The van der Waals surface area contributed by atoms with Crippen LogP contribution in [0.5, 0.6) is 0 Å². The van der Waals surface area contributed by atoms with Crippen LogP contribution in [0, 0.1) is 17.8 Å². The van der Waals surface area contributed by atoms with Crippen LogP contribution >= 0.6 is 11.6 Å². The number of hydrogen-bond acceptors (Lipinski definition) is 11. The minimum Gasteiger partial charge on any atom is -0.370 e. The van der Waals surface area contributed by atoms with E-state index < -0.39 is 101 Å². The number of aliphatic imine (C=N–C) groups is 2. The second kappa shape index (κ2) is 31.0. The Labute approximate surface area is 481 Å². The van der Waals surface area contributed by atoms with Gasteiger partial charge in [0, 0.05) is 79.9 Å². The zero-order valence-corrected chi connectivity index (χ0v) is 47.0. The van der Waals surface area contributed by atoms with Crippen molar-refractivity contribution in [1.82, 2.24) is 36.5 Å². The van der Waals surface area contributed by atoms with Crippen LogP contribution in [0.1, 0.15) is 94.2 Å². The molecule has 23 nitrogen and oxygen atoms in total.